The van der Waals surface area contributed by atoms with E-state index in [-0.39, 0.29) is 12.5 Å². The standard InChI is InChI=1S/C17H17NO2S/c1-13-5-6-16(11-15(13)4-2-3-8-19)18-17(20)10-14-7-9-21-12-14/h5-7,9,11-12,19H,3,8,10H2,1H3,(H,18,20). The maximum atomic E-state index is 12.0. The minimum atomic E-state index is -0.0356. The first kappa shape index (κ1) is 15.3. The van der Waals surface area contributed by atoms with Gasteiger partial charge in [0.2, 0.25) is 5.91 Å². The van der Waals surface area contributed by atoms with Gasteiger partial charge in [-0.15, -0.1) is 0 Å². The van der Waals surface area contributed by atoms with Crippen LogP contribution in [0.3, 0.4) is 0 Å². The number of carbonyl (C=O) groups is 1. The minimum absolute atomic E-state index is 0.0356. The number of carbonyl (C=O) groups excluding carboxylic acids is 1. The van der Waals surface area contributed by atoms with Crippen LogP contribution in [0.5, 0.6) is 0 Å². The summed E-state index contributed by atoms with van der Waals surface area (Å²) in [5.74, 6) is 5.88. The fourth-order valence-electron chi connectivity index (χ4n) is 1.83. The van der Waals surface area contributed by atoms with Crippen LogP contribution in [-0.4, -0.2) is 17.6 Å². The van der Waals surface area contributed by atoms with Gasteiger partial charge in [0.1, 0.15) is 0 Å². The van der Waals surface area contributed by atoms with Crippen LogP contribution in [0.4, 0.5) is 5.69 Å². The molecule has 1 aromatic heterocycles. The SMILES string of the molecule is Cc1ccc(NC(=O)Cc2ccsc2)cc1C#CCCO. The van der Waals surface area contributed by atoms with E-state index in [4.69, 9.17) is 5.11 Å². The Morgan fingerprint density at radius 3 is 2.95 bits per heavy atom. The summed E-state index contributed by atoms with van der Waals surface area (Å²) in [5.41, 5.74) is 3.69. The third kappa shape index (κ3) is 4.75. The van der Waals surface area contributed by atoms with Crippen molar-refractivity contribution in [3.63, 3.8) is 0 Å². The Morgan fingerprint density at radius 1 is 1.38 bits per heavy atom. The van der Waals surface area contributed by atoms with E-state index in [1.807, 2.05) is 41.9 Å². The number of aryl methyl sites for hydroxylation is 1. The van der Waals surface area contributed by atoms with Crippen molar-refractivity contribution in [1.29, 1.82) is 0 Å². The molecule has 1 heterocycles. The zero-order chi connectivity index (χ0) is 15.1. The average Bonchev–Trinajstić information content (AvgIpc) is 2.95. The maximum absolute atomic E-state index is 12.0. The molecule has 0 aliphatic carbocycles. The molecule has 0 unspecified atom stereocenters. The number of thiophene rings is 1. The van der Waals surface area contributed by atoms with Gasteiger partial charge in [0, 0.05) is 17.7 Å². The van der Waals surface area contributed by atoms with Gasteiger partial charge >= 0.3 is 0 Å². The molecule has 2 rings (SSSR count). The summed E-state index contributed by atoms with van der Waals surface area (Å²) in [7, 11) is 0. The van der Waals surface area contributed by atoms with Crippen LogP contribution >= 0.6 is 11.3 Å². The molecule has 0 spiro atoms. The van der Waals surface area contributed by atoms with Crippen molar-refractivity contribution in [2.24, 2.45) is 0 Å². The summed E-state index contributed by atoms with van der Waals surface area (Å²) >= 11 is 1.58. The lowest BCUT2D eigenvalue weighted by molar-refractivity contribution is -0.115. The summed E-state index contributed by atoms with van der Waals surface area (Å²) < 4.78 is 0. The van der Waals surface area contributed by atoms with Crippen LogP contribution in [0.15, 0.2) is 35.0 Å². The first-order chi connectivity index (χ1) is 10.2. The smallest absolute Gasteiger partial charge is 0.228 e. The van der Waals surface area contributed by atoms with E-state index in [2.05, 4.69) is 17.2 Å². The normalized spacial score (nSPS) is 9.81. The van der Waals surface area contributed by atoms with Crippen LogP contribution in [0, 0.1) is 18.8 Å². The van der Waals surface area contributed by atoms with Gasteiger partial charge in [-0.2, -0.15) is 11.3 Å². The van der Waals surface area contributed by atoms with Gasteiger partial charge in [0.05, 0.1) is 13.0 Å². The molecular formula is C17H17NO2S. The van der Waals surface area contributed by atoms with Gasteiger partial charge in [-0.05, 0) is 47.0 Å². The van der Waals surface area contributed by atoms with Crippen LogP contribution < -0.4 is 5.32 Å². The average molecular weight is 299 g/mol. The van der Waals surface area contributed by atoms with E-state index >= 15 is 0 Å². The Bertz CT molecular complexity index is 666. The van der Waals surface area contributed by atoms with Crippen LogP contribution in [0.2, 0.25) is 0 Å². The van der Waals surface area contributed by atoms with Gasteiger partial charge in [-0.25, -0.2) is 0 Å². The number of benzene rings is 1. The summed E-state index contributed by atoms with van der Waals surface area (Å²) in [6.45, 7) is 2.03. The first-order valence-electron chi connectivity index (χ1n) is 6.70. The molecule has 1 amide bonds. The number of rotatable bonds is 4. The highest BCUT2D eigenvalue weighted by Gasteiger charge is 2.05. The Labute approximate surface area is 128 Å². The number of aliphatic hydroxyl groups is 1. The Hall–Kier alpha value is -2.09. The topological polar surface area (TPSA) is 49.3 Å². The van der Waals surface area contributed by atoms with Crippen LogP contribution in [0.25, 0.3) is 0 Å². The monoisotopic (exact) mass is 299 g/mol. The largest absolute Gasteiger partial charge is 0.395 e. The molecule has 1 aromatic carbocycles. The summed E-state index contributed by atoms with van der Waals surface area (Å²) in [4.78, 5) is 12.0. The summed E-state index contributed by atoms with van der Waals surface area (Å²) in [6.07, 6.45) is 0.830. The van der Waals surface area contributed by atoms with Crippen molar-refractivity contribution in [1.82, 2.24) is 0 Å². The molecule has 3 nitrogen and oxygen atoms in total. The molecule has 0 fully saturated rings. The fraction of sp³-hybridized carbons (Fsp3) is 0.235. The van der Waals surface area contributed by atoms with E-state index in [1.165, 1.54) is 0 Å². The van der Waals surface area contributed by atoms with Crippen molar-refractivity contribution in [2.75, 3.05) is 11.9 Å². The van der Waals surface area contributed by atoms with Crippen LogP contribution in [-0.2, 0) is 11.2 Å². The second kappa shape index (κ2) is 7.63. The van der Waals surface area contributed by atoms with Gasteiger partial charge in [-0.1, -0.05) is 17.9 Å². The quantitative estimate of drug-likeness (QED) is 0.853. The van der Waals surface area contributed by atoms with Crippen molar-refractivity contribution in [2.45, 2.75) is 19.8 Å². The number of anilines is 1. The van der Waals surface area contributed by atoms with Crippen molar-refractivity contribution in [3.05, 3.63) is 51.7 Å². The lowest BCUT2D eigenvalue weighted by Crippen LogP contribution is -2.14. The highest BCUT2D eigenvalue weighted by Crippen LogP contribution is 2.15. The molecule has 0 radical (unpaired) electrons. The van der Waals surface area contributed by atoms with Gasteiger partial charge in [0.15, 0.2) is 0 Å². The Kier molecular flexibility index (Phi) is 5.56. The molecule has 0 bridgehead atoms. The lowest BCUT2D eigenvalue weighted by atomic mass is 10.1. The number of amides is 1. The van der Waals surface area contributed by atoms with E-state index in [1.54, 1.807) is 11.3 Å². The molecule has 0 saturated carbocycles. The molecule has 2 N–H and O–H groups in total. The van der Waals surface area contributed by atoms with E-state index in [0.29, 0.717) is 12.8 Å². The highest BCUT2D eigenvalue weighted by molar-refractivity contribution is 7.08. The molecule has 0 aliphatic rings. The predicted molar refractivity (Wildman–Crippen MR) is 86.4 cm³/mol. The third-order valence-corrected chi connectivity index (χ3v) is 3.66. The minimum Gasteiger partial charge on any atom is -0.395 e. The van der Waals surface area contributed by atoms with Crippen molar-refractivity contribution < 1.29 is 9.90 Å². The van der Waals surface area contributed by atoms with Gasteiger partial charge in [-0.3, -0.25) is 4.79 Å². The highest BCUT2D eigenvalue weighted by atomic mass is 32.1. The molecule has 0 aliphatic heterocycles. The van der Waals surface area contributed by atoms with Crippen LogP contribution in [0.1, 0.15) is 23.1 Å². The second-order valence-electron chi connectivity index (χ2n) is 4.66. The van der Waals surface area contributed by atoms with E-state index < -0.39 is 0 Å². The summed E-state index contributed by atoms with van der Waals surface area (Å²) in [5, 5.41) is 15.6. The van der Waals surface area contributed by atoms with Crippen molar-refractivity contribution >= 4 is 22.9 Å². The number of hydrogen-bond donors (Lipinski definition) is 2. The number of aliphatic hydroxyl groups excluding tert-OH is 1. The van der Waals surface area contributed by atoms with Gasteiger partial charge < -0.3 is 10.4 Å². The predicted octanol–water partition coefficient (Wildman–Crippen LogP) is 2.97. The zero-order valence-electron chi connectivity index (χ0n) is 11.8. The summed E-state index contributed by atoms with van der Waals surface area (Å²) in [6, 6.07) is 7.62. The fourth-order valence-corrected chi connectivity index (χ4v) is 2.50. The number of nitrogens with one attached hydrogen (secondary N) is 1. The maximum Gasteiger partial charge on any atom is 0.228 e. The molecule has 4 heteroatoms. The first-order valence-corrected chi connectivity index (χ1v) is 7.64. The van der Waals surface area contributed by atoms with E-state index in [0.717, 1.165) is 22.4 Å². The lowest BCUT2D eigenvalue weighted by Gasteiger charge is -2.06. The molecule has 108 valence electrons. The van der Waals surface area contributed by atoms with Gasteiger partial charge in [0.25, 0.3) is 0 Å². The Balaban J connectivity index is 2.05. The molecule has 21 heavy (non-hydrogen) atoms. The zero-order valence-corrected chi connectivity index (χ0v) is 12.7. The molecule has 0 atom stereocenters. The Morgan fingerprint density at radius 2 is 2.24 bits per heavy atom. The third-order valence-electron chi connectivity index (χ3n) is 2.93. The molecular weight excluding hydrogens is 282 g/mol. The molecule has 0 saturated heterocycles. The molecule has 2 aromatic rings. The second-order valence-corrected chi connectivity index (χ2v) is 5.44. The van der Waals surface area contributed by atoms with Crippen molar-refractivity contribution in [3.8, 4) is 11.8 Å². The van der Waals surface area contributed by atoms with E-state index in [9.17, 15) is 4.79 Å². The number of hydrogen-bond acceptors (Lipinski definition) is 3.